The summed E-state index contributed by atoms with van der Waals surface area (Å²) in [5.41, 5.74) is 3.59. The molecule has 1 amide bonds. The smallest absolute Gasteiger partial charge is 0.269 e. The lowest BCUT2D eigenvalue weighted by Gasteiger charge is -2.09. The van der Waals surface area contributed by atoms with E-state index < -0.39 is 0 Å². The zero-order valence-electron chi connectivity index (χ0n) is 11.2. The Kier molecular flexibility index (Phi) is 5.15. The van der Waals surface area contributed by atoms with E-state index in [0.29, 0.717) is 11.4 Å². The van der Waals surface area contributed by atoms with Crippen LogP contribution in [0, 0.1) is 5.92 Å². The minimum atomic E-state index is -0.136. The van der Waals surface area contributed by atoms with Crippen molar-refractivity contribution >= 4 is 11.6 Å². The van der Waals surface area contributed by atoms with Gasteiger partial charge in [-0.3, -0.25) is 15.6 Å². The molecule has 19 heavy (non-hydrogen) atoms. The van der Waals surface area contributed by atoms with Crippen molar-refractivity contribution in [3.63, 3.8) is 0 Å². The van der Waals surface area contributed by atoms with Gasteiger partial charge in [-0.05, 0) is 30.9 Å². The van der Waals surface area contributed by atoms with E-state index in [0.717, 1.165) is 18.9 Å². The van der Waals surface area contributed by atoms with E-state index >= 15 is 0 Å². The number of hydrogen-bond donors (Lipinski definition) is 3. The number of carbonyl (C=O) groups is 1. The first kappa shape index (κ1) is 13.8. The van der Waals surface area contributed by atoms with Crippen LogP contribution >= 0.6 is 0 Å². The molecule has 0 unspecified atom stereocenters. The second-order valence-corrected chi connectivity index (χ2v) is 5.12. The van der Waals surface area contributed by atoms with Crippen LogP contribution in [0.1, 0.15) is 49.0 Å². The van der Waals surface area contributed by atoms with Crippen LogP contribution in [-0.4, -0.2) is 17.4 Å². The summed E-state index contributed by atoms with van der Waals surface area (Å²) in [6.07, 6.45) is 9.31. The number of aromatic nitrogens is 1. The molecule has 0 spiro atoms. The molecule has 0 atom stereocenters. The van der Waals surface area contributed by atoms with Gasteiger partial charge < -0.3 is 10.7 Å². The monoisotopic (exact) mass is 262 g/mol. The van der Waals surface area contributed by atoms with E-state index in [1.807, 2.05) is 0 Å². The van der Waals surface area contributed by atoms with Crippen molar-refractivity contribution in [2.45, 2.75) is 38.5 Å². The highest BCUT2D eigenvalue weighted by Gasteiger charge is 2.14. The third kappa shape index (κ3) is 4.21. The average Bonchev–Trinajstić information content (AvgIpc) is 2.96. The van der Waals surface area contributed by atoms with Crippen LogP contribution in [-0.2, 0) is 0 Å². The van der Waals surface area contributed by atoms with Gasteiger partial charge in [-0.15, -0.1) is 0 Å². The lowest BCUT2D eigenvalue weighted by molar-refractivity contribution is 0.0947. The summed E-state index contributed by atoms with van der Waals surface area (Å²) in [5, 5.41) is 2.90. The fraction of sp³-hybridized carbons (Fsp3) is 0.571. The average molecular weight is 262 g/mol. The van der Waals surface area contributed by atoms with E-state index in [1.165, 1.54) is 32.1 Å². The highest BCUT2D eigenvalue weighted by Crippen LogP contribution is 2.28. The number of nitrogens with one attached hydrogen (secondary N) is 2. The van der Waals surface area contributed by atoms with Crippen LogP contribution in [0.25, 0.3) is 0 Å². The number of amides is 1. The molecule has 1 heterocycles. The lowest BCUT2D eigenvalue weighted by atomic mass is 10.0. The van der Waals surface area contributed by atoms with Crippen LogP contribution in [0.3, 0.4) is 0 Å². The molecule has 5 heteroatoms. The molecule has 4 N–H and O–H groups in total. The number of nitrogen functional groups attached to an aromatic ring is 1. The zero-order chi connectivity index (χ0) is 13.5. The maximum absolute atomic E-state index is 11.9. The zero-order valence-corrected chi connectivity index (χ0v) is 11.2. The molecule has 0 bridgehead atoms. The first-order chi connectivity index (χ1) is 9.29. The Balaban J connectivity index is 1.71. The Morgan fingerprint density at radius 2 is 2.21 bits per heavy atom. The summed E-state index contributed by atoms with van der Waals surface area (Å²) in [5.74, 6) is 6.04. The van der Waals surface area contributed by atoms with Crippen LogP contribution in [0.2, 0.25) is 0 Å². The molecule has 1 aliphatic rings. The molecule has 1 saturated carbocycles. The van der Waals surface area contributed by atoms with Crippen molar-refractivity contribution in [2.75, 3.05) is 12.0 Å². The summed E-state index contributed by atoms with van der Waals surface area (Å²) in [6, 6.07) is 3.36. The molecular weight excluding hydrogens is 240 g/mol. The van der Waals surface area contributed by atoms with E-state index in [2.05, 4.69) is 15.7 Å². The van der Waals surface area contributed by atoms with Gasteiger partial charge in [-0.25, -0.2) is 0 Å². The Morgan fingerprint density at radius 1 is 1.42 bits per heavy atom. The molecule has 104 valence electrons. The molecule has 1 aromatic heterocycles. The fourth-order valence-corrected chi connectivity index (χ4v) is 2.63. The fourth-order valence-electron chi connectivity index (χ4n) is 2.63. The molecule has 0 saturated heterocycles. The molecule has 0 aliphatic heterocycles. The molecule has 1 aromatic rings. The van der Waals surface area contributed by atoms with Gasteiger partial charge in [0.05, 0.1) is 5.69 Å². The quantitative estimate of drug-likeness (QED) is 0.416. The summed E-state index contributed by atoms with van der Waals surface area (Å²) in [7, 11) is 0. The molecular formula is C14H22N4O. The van der Waals surface area contributed by atoms with E-state index in [1.54, 1.807) is 18.3 Å². The minimum absolute atomic E-state index is 0.136. The number of hydrazine groups is 1. The van der Waals surface area contributed by atoms with Crippen molar-refractivity contribution in [3.8, 4) is 0 Å². The summed E-state index contributed by atoms with van der Waals surface area (Å²) in [4.78, 5) is 15.9. The van der Waals surface area contributed by atoms with Gasteiger partial charge in [0.2, 0.25) is 0 Å². The van der Waals surface area contributed by atoms with Crippen molar-refractivity contribution < 1.29 is 4.79 Å². The third-order valence-electron chi connectivity index (χ3n) is 3.71. The number of hydrogen-bond acceptors (Lipinski definition) is 4. The van der Waals surface area contributed by atoms with Crippen LogP contribution in [0.4, 0.5) is 5.69 Å². The topological polar surface area (TPSA) is 80.0 Å². The van der Waals surface area contributed by atoms with Gasteiger partial charge in [0, 0.05) is 12.7 Å². The van der Waals surface area contributed by atoms with Gasteiger partial charge in [0.1, 0.15) is 5.69 Å². The molecule has 1 aliphatic carbocycles. The van der Waals surface area contributed by atoms with Gasteiger partial charge >= 0.3 is 0 Å². The number of rotatable bonds is 6. The van der Waals surface area contributed by atoms with E-state index in [4.69, 9.17) is 5.84 Å². The maximum atomic E-state index is 11.9. The van der Waals surface area contributed by atoms with Crippen LogP contribution in [0.15, 0.2) is 18.3 Å². The number of nitrogens with two attached hydrogens (primary N) is 1. The number of anilines is 1. The van der Waals surface area contributed by atoms with E-state index in [9.17, 15) is 4.79 Å². The van der Waals surface area contributed by atoms with Crippen molar-refractivity contribution in [1.82, 2.24) is 10.3 Å². The standard InChI is InChI=1S/C14H22N4O/c15-18-12-7-9-16-13(10-12)14(19)17-8-3-6-11-4-1-2-5-11/h7,9-11H,1-6,8,15H2,(H,16,18)(H,17,19). The maximum Gasteiger partial charge on any atom is 0.269 e. The van der Waals surface area contributed by atoms with Gasteiger partial charge in [0.25, 0.3) is 5.91 Å². The minimum Gasteiger partial charge on any atom is -0.351 e. The largest absolute Gasteiger partial charge is 0.351 e. The predicted octanol–water partition coefficient (Wildman–Crippen LogP) is 2.07. The van der Waals surface area contributed by atoms with Crippen molar-refractivity contribution in [3.05, 3.63) is 24.0 Å². The Bertz CT molecular complexity index is 416. The second kappa shape index (κ2) is 7.09. The lowest BCUT2D eigenvalue weighted by Crippen LogP contribution is -2.25. The van der Waals surface area contributed by atoms with E-state index in [-0.39, 0.29) is 5.91 Å². The normalized spacial score (nSPS) is 15.4. The summed E-state index contributed by atoms with van der Waals surface area (Å²) in [6.45, 7) is 0.720. The highest BCUT2D eigenvalue weighted by molar-refractivity contribution is 5.93. The Morgan fingerprint density at radius 3 is 2.95 bits per heavy atom. The second-order valence-electron chi connectivity index (χ2n) is 5.12. The first-order valence-electron chi connectivity index (χ1n) is 7.00. The van der Waals surface area contributed by atoms with Crippen molar-refractivity contribution in [2.24, 2.45) is 11.8 Å². The molecule has 0 aromatic carbocycles. The Labute approximate surface area is 114 Å². The summed E-state index contributed by atoms with van der Waals surface area (Å²) >= 11 is 0. The number of pyridine rings is 1. The third-order valence-corrected chi connectivity index (χ3v) is 3.71. The molecule has 0 radical (unpaired) electrons. The summed E-state index contributed by atoms with van der Waals surface area (Å²) < 4.78 is 0. The number of nitrogens with zero attached hydrogens (tertiary/aromatic N) is 1. The van der Waals surface area contributed by atoms with Gasteiger partial charge in [0.15, 0.2) is 0 Å². The Hall–Kier alpha value is -1.62. The van der Waals surface area contributed by atoms with Crippen molar-refractivity contribution in [1.29, 1.82) is 0 Å². The first-order valence-corrected chi connectivity index (χ1v) is 7.00. The van der Waals surface area contributed by atoms with Crippen LogP contribution in [0.5, 0.6) is 0 Å². The molecule has 2 rings (SSSR count). The molecule has 5 nitrogen and oxygen atoms in total. The highest BCUT2D eigenvalue weighted by atomic mass is 16.1. The van der Waals surface area contributed by atoms with Gasteiger partial charge in [-0.1, -0.05) is 25.7 Å². The van der Waals surface area contributed by atoms with Crippen LogP contribution < -0.4 is 16.6 Å². The predicted molar refractivity (Wildman–Crippen MR) is 75.6 cm³/mol. The molecule has 1 fully saturated rings. The van der Waals surface area contributed by atoms with Gasteiger partial charge in [-0.2, -0.15) is 0 Å². The number of carbonyl (C=O) groups excluding carboxylic acids is 1. The SMILES string of the molecule is NNc1ccnc(C(=O)NCCCC2CCCC2)c1.